The second kappa shape index (κ2) is 3.18. The molecule has 16 heavy (non-hydrogen) atoms. The summed E-state index contributed by atoms with van der Waals surface area (Å²) in [6.07, 6.45) is 4.82. The van der Waals surface area contributed by atoms with Crippen molar-refractivity contribution in [3.8, 4) is 0 Å². The number of aromatic amines is 1. The van der Waals surface area contributed by atoms with Gasteiger partial charge in [0.05, 0.1) is 17.1 Å². The Morgan fingerprint density at radius 1 is 1.56 bits per heavy atom. The van der Waals surface area contributed by atoms with Crippen LogP contribution in [0, 0.1) is 6.92 Å². The highest BCUT2D eigenvalue weighted by atomic mass is 32.1. The zero-order valence-electron chi connectivity index (χ0n) is 9.07. The second-order valence-electron chi connectivity index (χ2n) is 3.81. The second-order valence-corrected chi connectivity index (χ2v) is 4.93. The number of aromatic nitrogens is 3. The molecule has 0 bridgehead atoms. The number of thiazole rings is 1. The van der Waals surface area contributed by atoms with E-state index in [-0.39, 0.29) is 5.56 Å². The fraction of sp³-hybridized carbons (Fsp3) is 0.273. The van der Waals surface area contributed by atoms with E-state index >= 15 is 0 Å². The van der Waals surface area contributed by atoms with Crippen molar-refractivity contribution in [2.45, 2.75) is 20.3 Å². The summed E-state index contributed by atoms with van der Waals surface area (Å²) in [5.41, 5.74) is 1.83. The molecule has 3 aromatic rings. The number of rotatable bonds is 1. The van der Waals surface area contributed by atoms with Gasteiger partial charge in [-0.15, -0.1) is 11.3 Å². The Bertz CT molecular complexity index is 735. The zero-order chi connectivity index (χ0) is 11.3. The Morgan fingerprint density at radius 3 is 3.12 bits per heavy atom. The van der Waals surface area contributed by atoms with E-state index in [9.17, 15) is 4.79 Å². The van der Waals surface area contributed by atoms with Gasteiger partial charge in [-0.05, 0) is 18.9 Å². The predicted octanol–water partition coefficient (Wildman–Crippen LogP) is 2.11. The van der Waals surface area contributed by atoms with Crippen LogP contribution in [0.15, 0.2) is 17.2 Å². The average Bonchev–Trinajstić information content (AvgIpc) is 2.80. The van der Waals surface area contributed by atoms with E-state index in [1.54, 1.807) is 17.5 Å². The van der Waals surface area contributed by atoms with E-state index in [4.69, 9.17) is 0 Å². The number of hydrogen-bond donors (Lipinski definition) is 1. The Hall–Kier alpha value is -1.62. The minimum absolute atomic E-state index is 0.107. The summed E-state index contributed by atoms with van der Waals surface area (Å²) in [6, 6.07) is 0. The van der Waals surface area contributed by atoms with Gasteiger partial charge in [0.15, 0.2) is 0 Å². The molecule has 3 heterocycles. The van der Waals surface area contributed by atoms with Crippen LogP contribution in [0.2, 0.25) is 0 Å². The van der Waals surface area contributed by atoms with Gasteiger partial charge in [0.2, 0.25) is 0 Å². The predicted molar refractivity (Wildman–Crippen MR) is 65.3 cm³/mol. The molecule has 0 spiro atoms. The van der Waals surface area contributed by atoms with E-state index < -0.39 is 0 Å². The lowest BCUT2D eigenvalue weighted by molar-refractivity contribution is 1.00. The molecule has 0 radical (unpaired) electrons. The first-order chi connectivity index (χ1) is 7.72. The quantitative estimate of drug-likeness (QED) is 0.699. The number of nitrogens with zero attached hydrogens (tertiary/aromatic N) is 2. The van der Waals surface area contributed by atoms with Crippen LogP contribution >= 0.6 is 11.3 Å². The molecule has 0 amide bonds. The molecule has 0 saturated carbocycles. The molecule has 3 aromatic heterocycles. The van der Waals surface area contributed by atoms with E-state index in [2.05, 4.69) is 27.7 Å². The third kappa shape index (κ3) is 1.09. The molecule has 0 aliphatic rings. The van der Waals surface area contributed by atoms with Gasteiger partial charge in [0, 0.05) is 11.1 Å². The van der Waals surface area contributed by atoms with Crippen molar-refractivity contribution < 1.29 is 0 Å². The van der Waals surface area contributed by atoms with Gasteiger partial charge >= 0.3 is 0 Å². The van der Waals surface area contributed by atoms with Crippen LogP contribution in [-0.4, -0.2) is 14.6 Å². The highest BCUT2D eigenvalue weighted by Gasteiger charge is 2.13. The molecule has 0 aliphatic heterocycles. The maximum Gasteiger partial charge on any atom is 0.273 e. The first kappa shape index (κ1) is 9.59. The minimum Gasteiger partial charge on any atom is -0.305 e. The van der Waals surface area contributed by atoms with Gasteiger partial charge in [0.25, 0.3) is 5.56 Å². The zero-order valence-corrected chi connectivity index (χ0v) is 9.89. The molecular weight excluding hydrogens is 222 g/mol. The van der Waals surface area contributed by atoms with Crippen LogP contribution < -0.4 is 5.56 Å². The molecule has 1 N–H and O–H groups in total. The van der Waals surface area contributed by atoms with Crippen molar-refractivity contribution >= 4 is 27.1 Å². The summed E-state index contributed by atoms with van der Waals surface area (Å²) in [4.78, 5) is 14.2. The third-order valence-corrected chi connectivity index (χ3v) is 4.21. The van der Waals surface area contributed by atoms with Crippen molar-refractivity contribution in [2.24, 2.45) is 0 Å². The lowest BCUT2D eigenvalue weighted by Gasteiger charge is -1.90. The lowest BCUT2D eigenvalue weighted by Crippen LogP contribution is -2.07. The van der Waals surface area contributed by atoms with Crippen LogP contribution in [0.5, 0.6) is 0 Å². The smallest absolute Gasteiger partial charge is 0.273 e. The van der Waals surface area contributed by atoms with Gasteiger partial charge in [-0.1, -0.05) is 6.92 Å². The van der Waals surface area contributed by atoms with Gasteiger partial charge in [-0.3, -0.25) is 4.79 Å². The summed E-state index contributed by atoms with van der Waals surface area (Å²) in [7, 11) is 0. The highest BCUT2D eigenvalue weighted by Crippen LogP contribution is 2.29. The molecule has 0 aromatic carbocycles. The van der Waals surface area contributed by atoms with E-state index in [1.165, 1.54) is 4.88 Å². The summed E-state index contributed by atoms with van der Waals surface area (Å²) < 4.78 is 2.07. The molecule has 0 atom stereocenters. The van der Waals surface area contributed by atoms with Crippen molar-refractivity contribution in [2.75, 3.05) is 0 Å². The molecule has 4 nitrogen and oxygen atoms in total. The maximum atomic E-state index is 11.7. The SMILES string of the molecule is CCc1cn2c(s1)c(C)c1c(=O)[nH]ncc12. The fourth-order valence-electron chi connectivity index (χ4n) is 2.04. The number of hydrogen-bond acceptors (Lipinski definition) is 3. The van der Waals surface area contributed by atoms with Gasteiger partial charge < -0.3 is 4.40 Å². The Morgan fingerprint density at radius 2 is 2.38 bits per heavy atom. The van der Waals surface area contributed by atoms with Crippen LogP contribution in [-0.2, 0) is 6.42 Å². The molecular formula is C11H11N3OS. The maximum absolute atomic E-state index is 11.7. The molecule has 0 unspecified atom stereocenters. The number of aryl methyl sites for hydroxylation is 2. The minimum atomic E-state index is -0.107. The fourth-order valence-corrected chi connectivity index (χ4v) is 3.10. The molecule has 82 valence electrons. The van der Waals surface area contributed by atoms with Crippen molar-refractivity contribution in [1.29, 1.82) is 0 Å². The Balaban J connectivity index is 2.58. The summed E-state index contributed by atoms with van der Waals surface area (Å²) >= 11 is 1.74. The lowest BCUT2D eigenvalue weighted by atomic mass is 10.2. The van der Waals surface area contributed by atoms with Gasteiger partial charge in [0.1, 0.15) is 4.83 Å². The molecule has 0 saturated heterocycles. The molecule has 3 rings (SSSR count). The van der Waals surface area contributed by atoms with E-state index in [0.717, 1.165) is 27.7 Å². The van der Waals surface area contributed by atoms with Crippen LogP contribution in [0.4, 0.5) is 0 Å². The van der Waals surface area contributed by atoms with Crippen molar-refractivity contribution in [3.05, 3.63) is 33.2 Å². The van der Waals surface area contributed by atoms with E-state index in [1.807, 2.05) is 6.92 Å². The van der Waals surface area contributed by atoms with Crippen LogP contribution in [0.1, 0.15) is 17.4 Å². The number of nitrogens with one attached hydrogen (secondary N) is 1. The number of H-pyrrole nitrogens is 1. The first-order valence-electron chi connectivity index (χ1n) is 5.19. The van der Waals surface area contributed by atoms with Crippen molar-refractivity contribution in [3.63, 3.8) is 0 Å². The molecule has 0 aliphatic carbocycles. The van der Waals surface area contributed by atoms with Gasteiger partial charge in [-0.25, -0.2) is 5.10 Å². The summed E-state index contributed by atoms with van der Waals surface area (Å²) in [5, 5.41) is 7.09. The van der Waals surface area contributed by atoms with Crippen LogP contribution in [0.3, 0.4) is 0 Å². The number of fused-ring (bicyclic) bond motifs is 3. The normalized spacial score (nSPS) is 11.6. The first-order valence-corrected chi connectivity index (χ1v) is 6.00. The Labute approximate surface area is 95.5 Å². The highest BCUT2D eigenvalue weighted by molar-refractivity contribution is 7.17. The standard InChI is InChI=1S/C11H11N3OS/c1-3-7-5-14-8-4-12-13-10(15)9(8)6(2)11(14)16-7/h4-5H,3H2,1-2H3,(H,13,15). The van der Waals surface area contributed by atoms with Crippen molar-refractivity contribution in [1.82, 2.24) is 14.6 Å². The average molecular weight is 233 g/mol. The summed E-state index contributed by atoms with van der Waals surface area (Å²) in [5.74, 6) is 0. The third-order valence-electron chi connectivity index (χ3n) is 2.86. The molecule has 5 heteroatoms. The largest absolute Gasteiger partial charge is 0.305 e. The monoisotopic (exact) mass is 233 g/mol. The topological polar surface area (TPSA) is 50.2 Å². The van der Waals surface area contributed by atoms with E-state index in [0.29, 0.717) is 0 Å². The Kier molecular flexibility index (Phi) is 1.91. The molecule has 0 fully saturated rings. The summed E-state index contributed by atoms with van der Waals surface area (Å²) in [6.45, 7) is 4.12. The van der Waals surface area contributed by atoms with Crippen LogP contribution in [0.25, 0.3) is 15.7 Å². The van der Waals surface area contributed by atoms with Gasteiger partial charge in [-0.2, -0.15) is 5.10 Å².